The minimum Gasteiger partial charge on any atom is -0.494 e. The molecule has 0 saturated carbocycles. The topological polar surface area (TPSA) is 9.23 Å². The fourth-order valence-electron chi connectivity index (χ4n) is 1.26. The van der Waals surface area contributed by atoms with E-state index in [9.17, 15) is 0 Å². The Morgan fingerprint density at radius 2 is 2.36 bits per heavy atom. The average molecular weight is 152 g/mol. The third-order valence-electron chi connectivity index (χ3n) is 1.96. The van der Waals surface area contributed by atoms with Crippen LogP contribution < -0.4 is 0 Å². The zero-order valence-corrected chi connectivity index (χ0v) is 7.34. The Kier molecular flexibility index (Phi) is 3.21. The molecule has 0 radical (unpaired) electrons. The van der Waals surface area contributed by atoms with Gasteiger partial charge >= 0.3 is 0 Å². The van der Waals surface area contributed by atoms with Crippen LogP contribution in [0.4, 0.5) is 0 Å². The molecule has 1 nitrogen and oxygen atoms in total. The van der Waals surface area contributed by atoms with Crippen LogP contribution in [0, 0.1) is 5.92 Å². The van der Waals surface area contributed by atoms with E-state index >= 15 is 0 Å². The van der Waals surface area contributed by atoms with Gasteiger partial charge in [-0.05, 0) is 37.8 Å². The SMILES string of the molecule is CCOC1=CC(CC)CC=C1. The predicted molar refractivity (Wildman–Crippen MR) is 47.2 cm³/mol. The van der Waals surface area contributed by atoms with E-state index in [1.807, 2.05) is 6.92 Å². The minimum atomic E-state index is 0.696. The Balaban J connectivity index is 2.49. The van der Waals surface area contributed by atoms with Gasteiger partial charge in [-0.15, -0.1) is 0 Å². The summed E-state index contributed by atoms with van der Waals surface area (Å²) in [6.07, 6.45) is 8.87. The molecule has 0 spiro atoms. The number of allylic oxidation sites excluding steroid dienone is 3. The van der Waals surface area contributed by atoms with Gasteiger partial charge in [-0.25, -0.2) is 0 Å². The van der Waals surface area contributed by atoms with E-state index in [1.54, 1.807) is 0 Å². The Labute approximate surface area is 68.8 Å². The van der Waals surface area contributed by atoms with E-state index in [0.717, 1.165) is 12.4 Å². The van der Waals surface area contributed by atoms with Gasteiger partial charge in [-0.2, -0.15) is 0 Å². The Bertz CT molecular complexity index is 168. The predicted octanol–water partition coefficient (Wildman–Crippen LogP) is 2.89. The summed E-state index contributed by atoms with van der Waals surface area (Å²) in [5.41, 5.74) is 0. The first kappa shape index (κ1) is 8.38. The van der Waals surface area contributed by atoms with Gasteiger partial charge < -0.3 is 4.74 Å². The molecular weight excluding hydrogens is 136 g/mol. The molecule has 1 heteroatoms. The first-order chi connectivity index (χ1) is 5.36. The Morgan fingerprint density at radius 1 is 1.55 bits per heavy atom. The average Bonchev–Trinajstić information content (AvgIpc) is 2.06. The van der Waals surface area contributed by atoms with Crippen molar-refractivity contribution in [3.8, 4) is 0 Å². The summed E-state index contributed by atoms with van der Waals surface area (Å²) in [5, 5.41) is 0. The maximum Gasteiger partial charge on any atom is 0.115 e. The molecule has 0 aromatic carbocycles. The summed E-state index contributed by atoms with van der Waals surface area (Å²) in [7, 11) is 0. The fraction of sp³-hybridized carbons (Fsp3) is 0.600. The largest absolute Gasteiger partial charge is 0.494 e. The molecule has 0 heterocycles. The second-order valence-corrected chi connectivity index (χ2v) is 2.81. The van der Waals surface area contributed by atoms with Crippen molar-refractivity contribution in [2.75, 3.05) is 6.61 Å². The van der Waals surface area contributed by atoms with Crippen LogP contribution in [-0.4, -0.2) is 6.61 Å². The van der Waals surface area contributed by atoms with Crippen molar-refractivity contribution in [1.82, 2.24) is 0 Å². The Morgan fingerprint density at radius 3 is 3.00 bits per heavy atom. The highest BCUT2D eigenvalue weighted by Crippen LogP contribution is 2.19. The Hall–Kier alpha value is -0.720. The molecule has 1 rings (SSSR count). The molecule has 1 unspecified atom stereocenters. The van der Waals surface area contributed by atoms with Gasteiger partial charge in [0.05, 0.1) is 6.61 Å². The third-order valence-corrected chi connectivity index (χ3v) is 1.96. The second kappa shape index (κ2) is 4.22. The number of ether oxygens (including phenoxy) is 1. The van der Waals surface area contributed by atoms with Crippen molar-refractivity contribution >= 4 is 0 Å². The van der Waals surface area contributed by atoms with E-state index < -0.39 is 0 Å². The van der Waals surface area contributed by atoms with Gasteiger partial charge in [0.2, 0.25) is 0 Å². The summed E-state index contributed by atoms with van der Waals surface area (Å²) >= 11 is 0. The lowest BCUT2D eigenvalue weighted by Gasteiger charge is -2.14. The summed E-state index contributed by atoms with van der Waals surface area (Å²) in [6.45, 7) is 5.00. The lowest BCUT2D eigenvalue weighted by Crippen LogP contribution is -2.00. The van der Waals surface area contributed by atoms with E-state index in [-0.39, 0.29) is 0 Å². The summed E-state index contributed by atoms with van der Waals surface area (Å²) < 4.78 is 5.39. The molecule has 0 aliphatic heterocycles. The molecule has 1 atom stereocenters. The molecule has 1 aliphatic carbocycles. The molecule has 0 amide bonds. The van der Waals surface area contributed by atoms with Crippen LogP contribution >= 0.6 is 0 Å². The molecular formula is C10H16O. The highest BCUT2D eigenvalue weighted by molar-refractivity contribution is 5.18. The lowest BCUT2D eigenvalue weighted by atomic mass is 9.97. The first-order valence-electron chi connectivity index (χ1n) is 4.38. The molecule has 0 saturated heterocycles. The van der Waals surface area contributed by atoms with E-state index in [2.05, 4.69) is 25.2 Å². The minimum absolute atomic E-state index is 0.696. The second-order valence-electron chi connectivity index (χ2n) is 2.81. The van der Waals surface area contributed by atoms with Gasteiger partial charge in [-0.1, -0.05) is 13.0 Å². The monoisotopic (exact) mass is 152 g/mol. The molecule has 0 aromatic heterocycles. The van der Waals surface area contributed by atoms with Crippen LogP contribution in [0.2, 0.25) is 0 Å². The molecule has 0 fully saturated rings. The maximum absolute atomic E-state index is 5.39. The standard InChI is InChI=1S/C10H16O/c1-3-9-6-5-7-10(8-9)11-4-2/h5,7-9H,3-4,6H2,1-2H3. The van der Waals surface area contributed by atoms with Crippen LogP contribution in [0.5, 0.6) is 0 Å². The summed E-state index contributed by atoms with van der Waals surface area (Å²) in [4.78, 5) is 0. The van der Waals surface area contributed by atoms with Crippen LogP contribution in [0.1, 0.15) is 26.7 Å². The highest BCUT2D eigenvalue weighted by atomic mass is 16.5. The maximum atomic E-state index is 5.39. The van der Waals surface area contributed by atoms with Gasteiger partial charge in [0.15, 0.2) is 0 Å². The molecule has 0 aromatic rings. The summed E-state index contributed by atoms with van der Waals surface area (Å²) in [6, 6.07) is 0. The fourth-order valence-corrected chi connectivity index (χ4v) is 1.26. The van der Waals surface area contributed by atoms with Crippen LogP contribution in [0.25, 0.3) is 0 Å². The van der Waals surface area contributed by atoms with Gasteiger partial charge in [-0.3, -0.25) is 0 Å². The van der Waals surface area contributed by atoms with E-state index in [1.165, 1.54) is 12.8 Å². The van der Waals surface area contributed by atoms with E-state index in [0.29, 0.717) is 5.92 Å². The number of hydrogen-bond donors (Lipinski definition) is 0. The van der Waals surface area contributed by atoms with Gasteiger partial charge in [0, 0.05) is 0 Å². The zero-order valence-electron chi connectivity index (χ0n) is 7.34. The van der Waals surface area contributed by atoms with Crippen molar-refractivity contribution in [3.63, 3.8) is 0 Å². The zero-order chi connectivity index (χ0) is 8.10. The van der Waals surface area contributed by atoms with Crippen LogP contribution in [0.3, 0.4) is 0 Å². The number of hydrogen-bond acceptors (Lipinski definition) is 1. The van der Waals surface area contributed by atoms with Crippen molar-refractivity contribution in [2.24, 2.45) is 5.92 Å². The van der Waals surface area contributed by atoms with Crippen LogP contribution in [0.15, 0.2) is 24.0 Å². The van der Waals surface area contributed by atoms with E-state index in [4.69, 9.17) is 4.74 Å². The lowest BCUT2D eigenvalue weighted by molar-refractivity contribution is 0.237. The van der Waals surface area contributed by atoms with Crippen molar-refractivity contribution in [3.05, 3.63) is 24.0 Å². The third kappa shape index (κ3) is 2.41. The molecule has 1 aliphatic rings. The summed E-state index contributed by atoms with van der Waals surface area (Å²) in [5.74, 6) is 1.74. The van der Waals surface area contributed by atoms with Gasteiger partial charge in [0.25, 0.3) is 0 Å². The molecule has 62 valence electrons. The molecule has 0 bridgehead atoms. The highest BCUT2D eigenvalue weighted by Gasteiger charge is 2.06. The van der Waals surface area contributed by atoms with Crippen molar-refractivity contribution < 1.29 is 4.74 Å². The smallest absolute Gasteiger partial charge is 0.115 e. The van der Waals surface area contributed by atoms with Crippen molar-refractivity contribution in [1.29, 1.82) is 0 Å². The number of rotatable bonds is 3. The van der Waals surface area contributed by atoms with Gasteiger partial charge in [0.1, 0.15) is 5.76 Å². The van der Waals surface area contributed by atoms with Crippen molar-refractivity contribution in [2.45, 2.75) is 26.7 Å². The quantitative estimate of drug-likeness (QED) is 0.604. The first-order valence-corrected chi connectivity index (χ1v) is 4.38. The normalized spacial score (nSPS) is 23.1. The molecule has 11 heavy (non-hydrogen) atoms. The van der Waals surface area contributed by atoms with Crippen LogP contribution in [-0.2, 0) is 4.74 Å². The molecule has 0 N–H and O–H groups in total.